The van der Waals surface area contributed by atoms with Crippen molar-refractivity contribution in [3.63, 3.8) is 0 Å². The number of nitrogens with zero attached hydrogens (tertiary/aromatic N) is 1. The summed E-state index contributed by atoms with van der Waals surface area (Å²) in [5, 5.41) is 2.95. The number of hydrogen-bond donors (Lipinski definition) is 1. The zero-order valence-electron chi connectivity index (χ0n) is 8.56. The van der Waals surface area contributed by atoms with E-state index in [1.807, 2.05) is 6.92 Å². The maximum Gasteiger partial charge on any atom is 0.266 e. The zero-order valence-corrected chi connectivity index (χ0v) is 9.38. The summed E-state index contributed by atoms with van der Waals surface area (Å²) in [5.41, 5.74) is 0.721. The summed E-state index contributed by atoms with van der Waals surface area (Å²) >= 11 is 0. The van der Waals surface area contributed by atoms with Gasteiger partial charge in [0.25, 0.3) is 5.56 Å². The van der Waals surface area contributed by atoms with E-state index in [4.69, 9.17) is 0 Å². The quantitative estimate of drug-likeness (QED) is 0.783. The van der Waals surface area contributed by atoms with Gasteiger partial charge in [-0.15, -0.1) is 0 Å². The first kappa shape index (κ1) is 10.5. The van der Waals surface area contributed by atoms with Gasteiger partial charge in [0.2, 0.25) is 0 Å². The van der Waals surface area contributed by atoms with Crippen LogP contribution in [0, 0.1) is 0 Å². The first-order valence-electron chi connectivity index (χ1n) is 5.02. The molecule has 0 aliphatic carbocycles. The summed E-state index contributed by atoms with van der Waals surface area (Å²) in [4.78, 5) is 11.5. The molecule has 5 nitrogen and oxygen atoms in total. The van der Waals surface area contributed by atoms with Crippen LogP contribution in [0.1, 0.15) is 25.1 Å². The highest BCUT2D eigenvalue weighted by molar-refractivity contribution is 7.91. The third-order valence-corrected chi connectivity index (χ3v) is 4.50. The van der Waals surface area contributed by atoms with E-state index in [2.05, 4.69) is 5.10 Å². The highest BCUT2D eigenvalue weighted by atomic mass is 32.2. The van der Waals surface area contributed by atoms with Crippen molar-refractivity contribution in [1.82, 2.24) is 9.78 Å². The predicted octanol–water partition coefficient (Wildman–Crippen LogP) is 0.0984. The number of H-pyrrole nitrogens is 1. The Morgan fingerprint density at radius 1 is 1.60 bits per heavy atom. The zero-order chi connectivity index (χ0) is 11.1. The molecule has 0 bridgehead atoms. The maximum atomic E-state index is 11.5. The van der Waals surface area contributed by atoms with Crippen molar-refractivity contribution in [3.05, 3.63) is 22.1 Å². The van der Waals surface area contributed by atoms with E-state index in [1.165, 1.54) is 10.7 Å². The minimum Gasteiger partial charge on any atom is -0.299 e. The van der Waals surface area contributed by atoms with Crippen LogP contribution >= 0.6 is 0 Å². The molecule has 1 aromatic heterocycles. The molecule has 0 aromatic carbocycles. The van der Waals surface area contributed by atoms with Crippen molar-refractivity contribution in [1.29, 1.82) is 0 Å². The second-order valence-electron chi connectivity index (χ2n) is 3.90. The van der Waals surface area contributed by atoms with Crippen molar-refractivity contribution in [2.24, 2.45) is 0 Å². The lowest BCUT2D eigenvalue weighted by Crippen LogP contribution is -2.22. The van der Waals surface area contributed by atoms with Gasteiger partial charge in [-0.2, -0.15) is 0 Å². The molecule has 84 valence electrons. The minimum atomic E-state index is -2.94. The van der Waals surface area contributed by atoms with Crippen molar-refractivity contribution in [2.75, 3.05) is 11.5 Å². The van der Waals surface area contributed by atoms with Crippen LogP contribution in [0.5, 0.6) is 0 Å². The van der Waals surface area contributed by atoms with Crippen LogP contribution in [0.15, 0.2) is 10.9 Å². The number of aryl methyl sites for hydroxylation is 1. The first-order chi connectivity index (χ1) is 7.02. The molecule has 1 aliphatic heterocycles. The molecule has 1 saturated heterocycles. The average molecular weight is 230 g/mol. The van der Waals surface area contributed by atoms with E-state index in [0.29, 0.717) is 6.42 Å². The van der Waals surface area contributed by atoms with E-state index in [-0.39, 0.29) is 23.1 Å². The highest BCUT2D eigenvalue weighted by Gasteiger charge is 2.30. The Kier molecular flexibility index (Phi) is 2.46. The second kappa shape index (κ2) is 3.52. The van der Waals surface area contributed by atoms with Crippen molar-refractivity contribution >= 4 is 9.84 Å². The molecule has 15 heavy (non-hydrogen) atoms. The molecule has 1 aliphatic rings. The Balaban J connectivity index is 2.31. The van der Waals surface area contributed by atoms with E-state index >= 15 is 0 Å². The number of aromatic nitrogens is 2. The van der Waals surface area contributed by atoms with Crippen LogP contribution in [0.2, 0.25) is 0 Å². The largest absolute Gasteiger partial charge is 0.299 e. The molecule has 1 unspecified atom stereocenters. The Morgan fingerprint density at radius 3 is 2.80 bits per heavy atom. The van der Waals surface area contributed by atoms with E-state index < -0.39 is 9.84 Å². The SMILES string of the molecule is CCc1cc(=O)n(C2CCS(=O)(=O)C2)[nH]1. The van der Waals surface area contributed by atoms with E-state index in [0.717, 1.165) is 12.1 Å². The monoisotopic (exact) mass is 230 g/mol. The van der Waals surface area contributed by atoms with E-state index in [1.54, 1.807) is 0 Å². The van der Waals surface area contributed by atoms with Crippen LogP contribution < -0.4 is 5.56 Å². The fraction of sp³-hybridized carbons (Fsp3) is 0.667. The lowest BCUT2D eigenvalue weighted by Gasteiger charge is -2.07. The lowest BCUT2D eigenvalue weighted by molar-refractivity contribution is 0.482. The molecule has 1 N–H and O–H groups in total. The van der Waals surface area contributed by atoms with E-state index in [9.17, 15) is 13.2 Å². The van der Waals surface area contributed by atoms with Crippen LogP contribution in [0.4, 0.5) is 0 Å². The number of aromatic amines is 1. The van der Waals surface area contributed by atoms with Gasteiger partial charge in [-0.05, 0) is 12.8 Å². The number of nitrogens with one attached hydrogen (secondary N) is 1. The lowest BCUT2D eigenvalue weighted by atomic mass is 10.3. The molecular formula is C9H14N2O3S. The molecule has 6 heteroatoms. The number of rotatable bonds is 2. The molecular weight excluding hydrogens is 216 g/mol. The van der Waals surface area contributed by atoms with Gasteiger partial charge in [0.1, 0.15) is 0 Å². The summed E-state index contributed by atoms with van der Waals surface area (Å²) in [7, 11) is -2.94. The summed E-state index contributed by atoms with van der Waals surface area (Å²) < 4.78 is 24.0. The Labute approximate surface area is 88.0 Å². The number of sulfone groups is 1. The minimum absolute atomic E-state index is 0.0799. The summed E-state index contributed by atoms with van der Waals surface area (Å²) in [6.07, 6.45) is 1.29. The molecule has 2 heterocycles. The molecule has 1 atom stereocenters. The van der Waals surface area contributed by atoms with Gasteiger partial charge < -0.3 is 0 Å². The fourth-order valence-electron chi connectivity index (χ4n) is 1.89. The van der Waals surface area contributed by atoms with Gasteiger partial charge in [0.15, 0.2) is 9.84 Å². The summed E-state index contributed by atoms with van der Waals surface area (Å²) in [6.45, 7) is 1.95. The van der Waals surface area contributed by atoms with Crippen LogP contribution in [0.3, 0.4) is 0 Å². The standard InChI is InChI=1S/C9H14N2O3S/c1-2-7-5-9(12)11(10-7)8-3-4-15(13,14)6-8/h5,8,10H,2-4,6H2,1H3. The van der Waals surface area contributed by atoms with Crippen molar-refractivity contribution < 1.29 is 8.42 Å². The molecule has 0 spiro atoms. The Morgan fingerprint density at radius 2 is 2.33 bits per heavy atom. The third-order valence-electron chi connectivity index (χ3n) is 2.75. The molecule has 0 radical (unpaired) electrons. The van der Waals surface area contributed by atoms with Crippen molar-refractivity contribution in [2.45, 2.75) is 25.8 Å². The Hall–Kier alpha value is -1.04. The molecule has 1 fully saturated rings. The predicted molar refractivity (Wildman–Crippen MR) is 56.7 cm³/mol. The maximum absolute atomic E-state index is 11.5. The summed E-state index contributed by atoms with van der Waals surface area (Å²) in [6, 6.07) is 1.33. The average Bonchev–Trinajstić information content (AvgIpc) is 2.69. The number of hydrogen-bond acceptors (Lipinski definition) is 3. The second-order valence-corrected chi connectivity index (χ2v) is 6.13. The smallest absolute Gasteiger partial charge is 0.266 e. The van der Waals surface area contributed by atoms with Gasteiger partial charge in [-0.1, -0.05) is 6.92 Å². The van der Waals surface area contributed by atoms with Gasteiger partial charge in [-0.25, -0.2) is 13.1 Å². The highest BCUT2D eigenvalue weighted by Crippen LogP contribution is 2.21. The molecule has 0 amide bonds. The fourth-order valence-corrected chi connectivity index (χ4v) is 3.59. The summed E-state index contributed by atoms with van der Waals surface area (Å²) in [5.74, 6) is 0.265. The molecule has 0 saturated carbocycles. The molecule has 1 aromatic rings. The van der Waals surface area contributed by atoms with Gasteiger partial charge >= 0.3 is 0 Å². The third kappa shape index (κ3) is 1.99. The van der Waals surface area contributed by atoms with Crippen LogP contribution in [0.25, 0.3) is 0 Å². The van der Waals surface area contributed by atoms with Gasteiger partial charge in [0.05, 0.1) is 17.5 Å². The van der Waals surface area contributed by atoms with Gasteiger partial charge in [0, 0.05) is 11.8 Å². The topological polar surface area (TPSA) is 71.9 Å². The Bertz CT molecular complexity index is 512. The van der Waals surface area contributed by atoms with Crippen LogP contribution in [-0.2, 0) is 16.3 Å². The molecule has 2 rings (SSSR count). The van der Waals surface area contributed by atoms with Crippen LogP contribution in [-0.4, -0.2) is 29.7 Å². The normalized spacial score (nSPS) is 24.5. The van der Waals surface area contributed by atoms with Crippen molar-refractivity contribution in [3.8, 4) is 0 Å². The van der Waals surface area contributed by atoms with Gasteiger partial charge in [-0.3, -0.25) is 9.89 Å². The first-order valence-corrected chi connectivity index (χ1v) is 6.85.